The molecule has 1 amide bonds. The van der Waals surface area contributed by atoms with Crippen molar-refractivity contribution < 1.29 is 52.5 Å². The normalized spacial score (nSPS) is 12.1. The van der Waals surface area contributed by atoms with Gasteiger partial charge in [-0.3, -0.25) is 9.59 Å². The summed E-state index contributed by atoms with van der Waals surface area (Å²) in [6.07, 6.45) is -1.30. The number of aliphatic carboxylic acids is 2. The summed E-state index contributed by atoms with van der Waals surface area (Å²) in [6, 6.07) is 5.55. The molecule has 1 heterocycles. The highest BCUT2D eigenvalue weighted by molar-refractivity contribution is 7.91. The molecule has 2 rings (SSSR count). The van der Waals surface area contributed by atoms with Crippen LogP contribution in [-0.2, 0) is 24.2 Å². The monoisotopic (exact) mass is 443 g/mol. The van der Waals surface area contributed by atoms with Gasteiger partial charge < -0.3 is 30.3 Å². The van der Waals surface area contributed by atoms with Gasteiger partial charge in [0.05, 0.1) is 23.3 Å². The number of aromatic nitrogens is 2. The molecule has 1 aromatic carbocycles. The van der Waals surface area contributed by atoms with Crippen LogP contribution in [0.2, 0.25) is 0 Å². The summed E-state index contributed by atoms with van der Waals surface area (Å²) in [5.41, 5.74) is 0. The number of hydrogen-bond donors (Lipinski definition) is 3. The smallest absolute Gasteiger partial charge is 0.445 e. The maximum Gasteiger partial charge on any atom is 0.445 e. The summed E-state index contributed by atoms with van der Waals surface area (Å²) in [5.74, 6) is -4.33. The van der Waals surface area contributed by atoms with Crippen molar-refractivity contribution in [1.82, 2.24) is 10.5 Å². The summed E-state index contributed by atoms with van der Waals surface area (Å²) in [4.78, 5) is 33.1. The van der Waals surface area contributed by atoms with Crippen molar-refractivity contribution in [3.05, 3.63) is 30.3 Å². The average molecular weight is 443 g/mol. The number of nitrogens with one attached hydrogen (secondary N) is 1. The molecule has 13 nitrogen and oxygen atoms in total. The van der Waals surface area contributed by atoms with Gasteiger partial charge in [0, 0.05) is 6.42 Å². The molecule has 162 valence electrons. The minimum atomic E-state index is -4.26. The maximum atomic E-state index is 12.6. The fraction of sp³-hybridized carbons (Fsp3) is 0.312. The molecule has 1 atom stereocenters. The number of carbonyl (C=O) groups is 3. The fourth-order valence-corrected chi connectivity index (χ4v) is 3.58. The molecule has 3 N–H and O–H groups in total. The zero-order valence-corrected chi connectivity index (χ0v) is 16.1. The van der Waals surface area contributed by atoms with E-state index in [1.54, 1.807) is 6.07 Å². The molecule has 0 saturated heterocycles. The van der Waals surface area contributed by atoms with Crippen molar-refractivity contribution in [3.8, 4) is 5.88 Å². The van der Waals surface area contributed by atoms with Gasteiger partial charge in [0.25, 0.3) is 9.84 Å². The third kappa shape index (κ3) is 5.66. The van der Waals surface area contributed by atoms with Gasteiger partial charge in [-0.15, -0.1) is 0 Å². The van der Waals surface area contributed by atoms with Gasteiger partial charge >= 0.3 is 16.9 Å². The third-order valence-corrected chi connectivity index (χ3v) is 5.43. The number of nitrogens with zero attached hydrogens (tertiary/aromatic N) is 2. The van der Waals surface area contributed by atoms with Crippen LogP contribution in [0.3, 0.4) is 0 Å². The van der Waals surface area contributed by atoms with Crippen molar-refractivity contribution in [3.63, 3.8) is 0 Å². The van der Waals surface area contributed by atoms with Gasteiger partial charge in [0.2, 0.25) is 11.1 Å². The summed E-state index contributed by atoms with van der Waals surface area (Å²) in [5, 5.41) is 33.8. The molecule has 0 saturated carbocycles. The summed E-state index contributed by atoms with van der Waals surface area (Å²) >= 11 is 0. The number of carboxylic acids is 2. The molecule has 0 aliphatic rings. The van der Waals surface area contributed by atoms with Crippen LogP contribution in [0.25, 0.3) is 0 Å². The Morgan fingerprint density at radius 3 is 2.50 bits per heavy atom. The molecule has 0 bridgehead atoms. The lowest BCUT2D eigenvalue weighted by Gasteiger charge is -2.18. The predicted octanol–water partition coefficient (Wildman–Crippen LogP) is -2.10. The highest BCUT2D eigenvalue weighted by atomic mass is 32.2. The van der Waals surface area contributed by atoms with Gasteiger partial charge in [-0.2, -0.15) is 0 Å². The Balaban J connectivity index is 2.01. The Labute approximate surface area is 169 Å². The largest absolute Gasteiger partial charge is 0.548 e. The first-order chi connectivity index (χ1) is 14.1. The van der Waals surface area contributed by atoms with E-state index in [0.29, 0.717) is 0 Å². The molecule has 2 aromatic rings. The lowest BCUT2D eigenvalue weighted by atomic mass is 10.1. The molecule has 14 heteroatoms. The van der Waals surface area contributed by atoms with Crippen LogP contribution >= 0.6 is 0 Å². The van der Waals surface area contributed by atoms with E-state index in [0.717, 1.165) is 0 Å². The first-order valence-corrected chi connectivity index (χ1v) is 9.87. The van der Waals surface area contributed by atoms with Crippen LogP contribution < -0.4 is 20.1 Å². The Bertz CT molecular complexity index is 1020. The second-order valence-corrected chi connectivity index (χ2v) is 7.71. The van der Waals surface area contributed by atoms with Crippen LogP contribution in [0.4, 0.5) is 0 Å². The van der Waals surface area contributed by atoms with E-state index in [1.165, 1.54) is 24.3 Å². The Hall–Kier alpha value is -3.68. The summed E-state index contributed by atoms with van der Waals surface area (Å²) in [6.45, 7) is -0.450. The minimum Gasteiger partial charge on any atom is -0.548 e. The van der Waals surface area contributed by atoms with E-state index in [9.17, 15) is 33.1 Å². The molecular weight excluding hydrogens is 426 g/mol. The first kappa shape index (κ1) is 22.6. The molecule has 0 aliphatic heterocycles. The van der Waals surface area contributed by atoms with Gasteiger partial charge in [-0.25, -0.2) is 8.42 Å². The van der Waals surface area contributed by atoms with Crippen LogP contribution in [0.1, 0.15) is 19.3 Å². The Morgan fingerprint density at radius 1 is 1.23 bits per heavy atom. The number of carboxylic acid groups (broad SMARTS) is 2. The number of rotatable bonds is 11. The standard InChI is InChI=1S/C16H17N3O10S/c20-12(17-11(16(23)24)6-7-13(21)22)8-9-28-14-15(19(25)29-18-14)30(26,27)10-4-2-1-3-5-10/h1-5,11H,6-9H2,(H3-,17,18,20,21,22,23,24,25)/t11-/m0/s1. The lowest BCUT2D eigenvalue weighted by molar-refractivity contribution is -1.06. The van der Waals surface area contributed by atoms with E-state index < -0.39 is 64.1 Å². The highest BCUT2D eigenvalue weighted by Gasteiger charge is 2.40. The van der Waals surface area contributed by atoms with Crippen LogP contribution in [0.5, 0.6) is 5.88 Å². The van der Waals surface area contributed by atoms with E-state index >= 15 is 0 Å². The van der Waals surface area contributed by atoms with E-state index in [2.05, 4.69) is 15.1 Å². The zero-order valence-electron chi connectivity index (χ0n) is 15.3. The van der Waals surface area contributed by atoms with Crippen molar-refractivity contribution in [2.75, 3.05) is 6.61 Å². The van der Waals surface area contributed by atoms with Crippen molar-refractivity contribution in [1.29, 1.82) is 0 Å². The highest BCUT2D eigenvalue weighted by Crippen LogP contribution is 2.24. The summed E-state index contributed by atoms with van der Waals surface area (Å²) < 4.78 is 34.7. The molecular formula is C16H17N3O10S. The lowest BCUT2D eigenvalue weighted by Crippen LogP contribution is -2.48. The third-order valence-electron chi connectivity index (χ3n) is 3.70. The fourth-order valence-electron chi connectivity index (χ4n) is 2.27. The molecule has 0 aliphatic carbocycles. The van der Waals surface area contributed by atoms with Gasteiger partial charge in [-0.1, -0.05) is 18.2 Å². The van der Waals surface area contributed by atoms with Crippen LogP contribution in [0.15, 0.2) is 44.9 Å². The second kappa shape index (κ2) is 9.69. The van der Waals surface area contributed by atoms with Crippen molar-refractivity contribution >= 4 is 27.7 Å². The molecule has 0 fully saturated rings. The van der Waals surface area contributed by atoms with Crippen molar-refractivity contribution in [2.24, 2.45) is 0 Å². The molecule has 30 heavy (non-hydrogen) atoms. The average Bonchev–Trinajstić information content (AvgIpc) is 3.06. The number of hydrogen-bond acceptors (Lipinski definition) is 10. The maximum absolute atomic E-state index is 12.6. The quantitative estimate of drug-likeness (QED) is 0.321. The van der Waals surface area contributed by atoms with Gasteiger partial charge in [-0.05, 0) is 23.2 Å². The minimum absolute atomic E-state index is 0.101. The number of ether oxygens (including phenoxy) is 1. The van der Waals surface area contributed by atoms with Crippen LogP contribution in [0, 0.1) is 0 Å². The molecule has 0 unspecified atom stereocenters. The number of sulfone groups is 1. The van der Waals surface area contributed by atoms with E-state index in [4.69, 9.17) is 9.84 Å². The molecule has 0 radical (unpaired) electrons. The van der Waals surface area contributed by atoms with Crippen molar-refractivity contribution in [2.45, 2.75) is 35.2 Å². The molecule has 1 aromatic heterocycles. The number of benzene rings is 1. The SMILES string of the molecule is O=C(O)CC[C@H](NC(=O)CCOc1no[n+](O)c1S(=O)(=O)c1ccccc1)C(=O)[O-]. The van der Waals surface area contributed by atoms with Gasteiger partial charge in [0.1, 0.15) is 6.61 Å². The predicted molar refractivity (Wildman–Crippen MR) is 89.7 cm³/mol. The Kier molecular flexibility index (Phi) is 7.30. The van der Waals surface area contributed by atoms with E-state index in [1.807, 2.05) is 0 Å². The topological polar surface area (TPSA) is 200 Å². The van der Waals surface area contributed by atoms with Crippen LogP contribution in [-0.4, -0.2) is 54.4 Å². The summed E-state index contributed by atoms with van der Waals surface area (Å²) in [7, 11) is -4.26. The molecule has 0 spiro atoms. The number of carbonyl (C=O) groups excluding carboxylic acids is 2. The Morgan fingerprint density at radius 2 is 1.90 bits per heavy atom. The van der Waals surface area contributed by atoms with Gasteiger partial charge in [0.15, 0.2) is 4.90 Å². The van der Waals surface area contributed by atoms with E-state index in [-0.39, 0.29) is 16.2 Å². The zero-order chi connectivity index (χ0) is 22.3. The number of amides is 1. The second-order valence-electron chi connectivity index (χ2n) is 5.84. The first-order valence-electron chi connectivity index (χ1n) is 8.39.